The zero-order valence-electron chi connectivity index (χ0n) is 9.62. The van der Waals surface area contributed by atoms with Crippen LogP contribution in [0.25, 0.3) is 0 Å². The smallest absolute Gasteiger partial charge is 0.310 e. The number of halogens is 1. The minimum absolute atomic E-state index is 0.0305. The van der Waals surface area contributed by atoms with Gasteiger partial charge in [-0.25, -0.2) is 4.39 Å². The molecule has 1 aromatic carbocycles. The summed E-state index contributed by atoms with van der Waals surface area (Å²) >= 11 is 0. The Kier molecular flexibility index (Phi) is 4.46. The minimum Gasteiger partial charge on any atom is -0.493 e. The van der Waals surface area contributed by atoms with Gasteiger partial charge < -0.3 is 9.47 Å². The largest absolute Gasteiger partial charge is 0.493 e. The molecule has 0 aliphatic carbocycles. The second-order valence-electron chi connectivity index (χ2n) is 3.24. The van der Waals surface area contributed by atoms with E-state index in [1.807, 2.05) is 6.07 Å². The quantitative estimate of drug-likeness (QED) is 0.749. The zero-order chi connectivity index (χ0) is 12.8. The molecule has 0 unspecified atom stereocenters. The third-order valence-electron chi connectivity index (χ3n) is 2.09. The Labute approximate surface area is 98.6 Å². The number of hydrogen-bond donors (Lipinski definition) is 0. The van der Waals surface area contributed by atoms with Crippen LogP contribution in [-0.4, -0.2) is 19.7 Å². The molecule has 5 heteroatoms. The van der Waals surface area contributed by atoms with Gasteiger partial charge in [-0.05, 0) is 19.1 Å². The summed E-state index contributed by atoms with van der Waals surface area (Å²) in [5.41, 5.74) is 0.449. The number of carbonyl (C=O) groups excluding carboxylic acids is 1. The van der Waals surface area contributed by atoms with Gasteiger partial charge in [0.05, 0.1) is 31.8 Å². The summed E-state index contributed by atoms with van der Waals surface area (Å²) in [6.45, 7) is 1.93. The third kappa shape index (κ3) is 3.18. The van der Waals surface area contributed by atoms with Gasteiger partial charge >= 0.3 is 5.97 Å². The Morgan fingerprint density at radius 3 is 2.76 bits per heavy atom. The maximum Gasteiger partial charge on any atom is 0.310 e. The number of benzene rings is 1. The summed E-state index contributed by atoms with van der Waals surface area (Å²) in [7, 11) is 1.30. The van der Waals surface area contributed by atoms with E-state index in [2.05, 4.69) is 0 Å². The average molecular weight is 237 g/mol. The van der Waals surface area contributed by atoms with Gasteiger partial charge in [0.2, 0.25) is 0 Å². The van der Waals surface area contributed by atoms with E-state index in [-0.39, 0.29) is 24.3 Å². The minimum atomic E-state index is -0.661. The topological polar surface area (TPSA) is 59.3 Å². The molecule has 0 atom stereocenters. The van der Waals surface area contributed by atoms with Crippen LogP contribution in [0.2, 0.25) is 0 Å². The SMILES string of the molecule is CCOC(=O)Cc1cc(C#N)cc(F)c1OC. The van der Waals surface area contributed by atoms with E-state index < -0.39 is 11.8 Å². The van der Waals surface area contributed by atoms with Crippen LogP contribution in [0.15, 0.2) is 12.1 Å². The maximum absolute atomic E-state index is 13.5. The Morgan fingerprint density at radius 2 is 2.24 bits per heavy atom. The number of nitriles is 1. The zero-order valence-corrected chi connectivity index (χ0v) is 9.62. The van der Waals surface area contributed by atoms with Crippen molar-refractivity contribution < 1.29 is 18.7 Å². The Balaban J connectivity index is 3.08. The molecule has 0 spiro atoms. The van der Waals surface area contributed by atoms with E-state index in [9.17, 15) is 9.18 Å². The van der Waals surface area contributed by atoms with Crippen LogP contribution >= 0.6 is 0 Å². The average Bonchev–Trinajstić information content (AvgIpc) is 2.28. The highest BCUT2D eigenvalue weighted by atomic mass is 19.1. The van der Waals surface area contributed by atoms with Crippen molar-refractivity contribution in [1.82, 2.24) is 0 Å². The molecule has 17 heavy (non-hydrogen) atoms. The number of methoxy groups -OCH3 is 1. The highest BCUT2D eigenvalue weighted by Crippen LogP contribution is 2.25. The van der Waals surface area contributed by atoms with Gasteiger partial charge in [-0.3, -0.25) is 4.79 Å². The third-order valence-corrected chi connectivity index (χ3v) is 2.09. The van der Waals surface area contributed by atoms with Crippen molar-refractivity contribution >= 4 is 5.97 Å². The fraction of sp³-hybridized carbons (Fsp3) is 0.333. The molecule has 0 fully saturated rings. The first-order chi connectivity index (χ1) is 8.12. The molecule has 0 aliphatic rings. The number of ether oxygens (including phenoxy) is 2. The molecule has 0 bridgehead atoms. The lowest BCUT2D eigenvalue weighted by Gasteiger charge is -2.09. The van der Waals surface area contributed by atoms with Gasteiger partial charge in [-0.15, -0.1) is 0 Å². The molecule has 0 saturated carbocycles. The van der Waals surface area contributed by atoms with E-state index in [1.54, 1.807) is 6.92 Å². The first kappa shape index (κ1) is 13.0. The molecule has 0 saturated heterocycles. The number of nitrogens with zero attached hydrogens (tertiary/aromatic N) is 1. The van der Waals surface area contributed by atoms with Crippen LogP contribution in [0.5, 0.6) is 5.75 Å². The monoisotopic (exact) mass is 237 g/mol. The first-order valence-corrected chi connectivity index (χ1v) is 5.04. The normalized spacial score (nSPS) is 9.53. The Hall–Kier alpha value is -2.09. The van der Waals surface area contributed by atoms with Crippen LogP contribution in [0.3, 0.4) is 0 Å². The fourth-order valence-electron chi connectivity index (χ4n) is 1.44. The maximum atomic E-state index is 13.5. The van der Waals surface area contributed by atoms with Crippen LogP contribution < -0.4 is 4.74 Å². The van der Waals surface area contributed by atoms with Crippen LogP contribution in [-0.2, 0) is 16.0 Å². The number of hydrogen-bond acceptors (Lipinski definition) is 4. The lowest BCUT2D eigenvalue weighted by molar-refractivity contribution is -0.142. The van der Waals surface area contributed by atoms with Crippen molar-refractivity contribution in [3.63, 3.8) is 0 Å². The molecule has 0 heterocycles. The van der Waals surface area contributed by atoms with Crippen LogP contribution in [0, 0.1) is 17.1 Å². The van der Waals surface area contributed by atoms with Gasteiger partial charge in [0.15, 0.2) is 11.6 Å². The van der Waals surface area contributed by atoms with Crippen molar-refractivity contribution in [2.45, 2.75) is 13.3 Å². The molecule has 0 aromatic heterocycles. The van der Waals surface area contributed by atoms with E-state index in [4.69, 9.17) is 14.7 Å². The molecule has 0 radical (unpaired) electrons. The van der Waals surface area contributed by atoms with Gasteiger partial charge in [-0.2, -0.15) is 5.26 Å². The van der Waals surface area contributed by atoms with Crippen LogP contribution in [0.4, 0.5) is 4.39 Å². The number of rotatable bonds is 4. The standard InChI is InChI=1S/C12H12FNO3/c1-3-17-11(15)6-9-4-8(7-14)5-10(13)12(9)16-2/h4-5H,3,6H2,1-2H3. The molecule has 90 valence electrons. The van der Waals surface area contributed by atoms with E-state index in [0.29, 0.717) is 5.56 Å². The van der Waals surface area contributed by atoms with E-state index >= 15 is 0 Å². The van der Waals surface area contributed by atoms with Crippen LogP contribution in [0.1, 0.15) is 18.1 Å². The fourth-order valence-corrected chi connectivity index (χ4v) is 1.44. The number of carbonyl (C=O) groups is 1. The molecule has 1 rings (SSSR count). The molecule has 4 nitrogen and oxygen atoms in total. The highest BCUT2D eigenvalue weighted by Gasteiger charge is 2.15. The predicted octanol–water partition coefficient (Wildman–Crippen LogP) is 1.81. The first-order valence-electron chi connectivity index (χ1n) is 5.04. The molecular weight excluding hydrogens is 225 g/mol. The van der Waals surface area contributed by atoms with E-state index in [0.717, 1.165) is 6.07 Å². The lowest BCUT2D eigenvalue weighted by atomic mass is 10.1. The summed E-state index contributed by atoms with van der Waals surface area (Å²) < 4.78 is 23.1. The van der Waals surface area contributed by atoms with Crippen molar-refractivity contribution in [3.05, 3.63) is 29.1 Å². The van der Waals surface area contributed by atoms with Gasteiger partial charge in [-0.1, -0.05) is 0 Å². The van der Waals surface area contributed by atoms with Crippen molar-refractivity contribution in [2.24, 2.45) is 0 Å². The lowest BCUT2D eigenvalue weighted by Crippen LogP contribution is -2.09. The van der Waals surface area contributed by atoms with Gasteiger partial charge in [0.25, 0.3) is 0 Å². The second-order valence-corrected chi connectivity index (χ2v) is 3.24. The molecule has 0 aliphatic heterocycles. The highest BCUT2D eigenvalue weighted by molar-refractivity contribution is 5.74. The van der Waals surface area contributed by atoms with Gasteiger partial charge in [0, 0.05) is 5.56 Å². The molecule has 0 amide bonds. The molecular formula is C12H12FNO3. The predicted molar refractivity (Wildman–Crippen MR) is 58.0 cm³/mol. The summed E-state index contributed by atoms with van der Waals surface area (Å²) in [4.78, 5) is 11.3. The summed E-state index contributed by atoms with van der Waals surface area (Å²) in [6.07, 6.45) is -0.122. The molecule has 0 N–H and O–H groups in total. The van der Waals surface area contributed by atoms with Crippen molar-refractivity contribution in [2.75, 3.05) is 13.7 Å². The molecule has 1 aromatic rings. The van der Waals surface area contributed by atoms with Crippen molar-refractivity contribution in [3.8, 4) is 11.8 Å². The van der Waals surface area contributed by atoms with E-state index in [1.165, 1.54) is 13.2 Å². The van der Waals surface area contributed by atoms with Gasteiger partial charge in [0.1, 0.15) is 0 Å². The van der Waals surface area contributed by atoms with Crippen molar-refractivity contribution in [1.29, 1.82) is 5.26 Å². The summed E-state index contributed by atoms with van der Waals surface area (Å²) in [6, 6.07) is 4.30. The Bertz CT molecular complexity index is 466. The second kappa shape index (κ2) is 5.85. The summed E-state index contributed by atoms with van der Waals surface area (Å²) in [5, 5.41) is 8.71. The Morgan fingerprint density at radius 1 is 1.53 bits per heavy atom. The number of esters is 1. The summed E-state index contributed by atoms with van der Waals surface area (Å²) in [5.74, 6) is -1.18.